The van der Waals surface area contributed by atoms with Gasteiger partial charge in [0.25, 0.3) is 0 Å². The van der Waals surface area contributed by atoms with E-state index < -0.39 is 46.7 Å². The van der Waals surface area contributed by atoms with Crippen LogP contribution in [0.5, 0.6) is 0 Å². The van der Waals surface area contributed by atoms with E-state index in [1.807, 2.05) is 0 Å². The summed E-state index contributed by atoms with van der Waals surface area (Å²) in [7, 11) is 0. The predicted molar refractivity (Wildman–Crippen MR) is 138 cm³/mol. The molecule has 3 fully saturated rings. The lowest BCUT2D eigenvalue weighted by molar-refractivity contribution is -0.232. The maximum atomic E-state index is 12.8. The quantitative estimate of drug-likeness (QED) is 0.127. The third-order valence-corrected chi connectivity index (χ3v) is 8.96. The van der Waals surface area contributed by atoms with Crippen LogP contribution in [0, 0.1) is 10.8 Å². The van der Waals surface area contributed by atoms with E-state index in [4.69, 9.17) is 24.1 Å². The fourth-order valence-corrected chi connectivity index (χ4v) is 6.48. The van der Waals surface area contributed by atoms with E-state index in [2.05, 4.69) is 19.9 Å². The van der Waals surface area contributed by atoms with Crippen LogP contribution in [-0.4, -0.2) is 83.2 Å². The SMILES string of the molecule is CC1=C[C@H]2O[C@@H]3C[C@@H](OC(=O)/C=C\C=C\[C@@H](O)[C@H](C)O)[C@](C)([C@@]2(COC(=O)/C=C(/C)CCO)CC1)[C@]31CO1. The molecule has 8 atom stereocenters. The Hall–Kier alpha value is -2.30. The van der Waals surface area contributed by atoms with E-state index in [0.717, 1.165) is 12.0 Å². The van der Waals surface area contributed by atoms with Crippen LogP contribution in [-0.2, 0) is 28.5 Å². The number of rotatable bonds is 10. The average molecular weight is 533 g/mol. The number of hydrogen-bond donors (Lipinski definition) is 3. The third-order valence-electron chi connectivity index (χ3n) is 8.96. The number of carbonyl (C=O) groups excluding carboxylic acids is 2. The molecule has 0 amide bonds. The van der Waals surface area contributed by atoms with Crippen molar-refractivity contribution in [2.24, 2.45) is 10.8 Å². The Bertz CT molecular complexity index is 1040. The number of aliphatic hydroxyl groups excluding tert-OH is 3. The van der Waals surface area contributed by atoms with Gasteiger partial charge in [-0.15, -0.1) is 0 Å². The number of epoxide rings is 1. The van der Waals surface area contributed by atoms with Crippen LogP contribution in [0.15, 0.2) is 47.6 Å². The molecule has 0 radical (unpaired) electrons. The predicted octanol–water partition coefficient (Wildman–Crippen LogP) is 2.30. The Morgan fingerprint density at radius 2 is 2.00 bits per heavy atom. The zero-order valence-corrected chi connectivity index (χ0v) is 22.6. The summed E-state index contributed by atoms with van der Waals surface area (Å²) in [4.78, 5) is 25.5. The maximum absolute atomic E-state index is 12.8. The van der Waals surface area contributed by atoms with Gasteiger partial charge in [-0.25, -0.2) is 9.59 Å². The summed E-state index contributed by atoms with van der Waals surface area (Å²) < 4.78 is 24.6. The van der Waals surface area contributed by atoms with Gasteiger partial charge in [0.05, 0.1) is 36.4 Å². The Morgan fingerprint density at radius 3 is 2.66 bits per heavy atom. The van der Waals surface area contributed by atoms with Gasteiger partial charge in [-0.05, 0) is 40.0 Å². The van der Waals surface area contributed by atoms with Gasteiger partial charge in [0, 0.05) is 30.6 Å². The monoisotopic (exact) mass is 532 g/mol. The fourth-order valence-electron chi connectivity index (χ4n) is 6.48. The molecule has 9 nitrogen and oxygen atoms in total. The summed E-state index contributed by atoms with van der Waals surface area (Å²) >= 11 is 0. The molecule has 38 heavy (non-hydrogen) atoms. The molecule has 210 valence electrons. The number of esters is 2. The van der Waals surface area contributed by atoms with Gasteiger partial charge < -0.3 is 34.3 Å². The van der Waals surface area contributed by atoms with Gasteiger partial charge in [0.2, 0.25) is 0 Å². The number of ether oxygens (including phenoxy) is 4. The molecule has 3 N–H and O–H groups in total. The standard InChI is InChI=1S/C29H40O9/c1-18-9-11-28(16-35-26(34)14-19(2)10-12-30)23(13-18)37-24-15-22(27(28,4)29(24)17-36-29)38-25(33)8-6-5-7-21(32)20(3)31/h5-8,13-14,20-24,30-32H,9-12,15-17H2,1-4H3/b7-5+,8-6-,19-14-/t20-,21+,22+,23+,24+,27+,28+,29-/m0/s1. The number of hydrogen-bond acceptors (Lipinski definition) is 9. The van der Waals surface area contributed by atoms with E-state index in [1.54, 1.807) is 6.92 Å². The van der Waals surface area contributed by atoms with E-state index in [0.29, 0.717) is 25.9 Å². The van der Waals surface area contributed by atoms with Crippen LogP contribution in [0.3, 0.4) is 0 Å². The molecule has 9 heteroatoms. The van der Waals surface area contributed by atoms with Crippen molar-refractivity contribution in [3.05, 3.63) is 47.6 Å². The van der Waals surface area contributed by atoms with Crippen molar-refractivity contribution in [3.8, 4) is 0 Å². The Balaban J connectivity index is 1.58. The number of fused-ring (bicyclic) bond motifs is 2. The Morgan fingerprint density at radius 1 is 1.26 bits per heavy atom. The zero-order chi connectivity index (χ0) is 27.7. The van der Waals surface area contributed by atoms with Crippen molar-refractivity contribution in [2.45, 2.75) is 89.5 Å². The lowest BCUT2D eigenvalue weighted by Gasteiger charge is -2.58. The first kappa shape index (κ1) is 28.7. The summed E-state index contributed by atoms with van der Waals surface area (Å²) in [6, 6.07) is 0. The van der Waals surface area contributed by atoms with Crippen molar-refractivity contribution in [1.82, 2.24) is 0 Å². The molecule has 4 rings (SSSR count). The minimum atomic E-state index is -1.03. The van der Waals surface area contributed by atoms with Gasteiger partial charge in [-0.2, -0.15) is 0 Å². The smallest absolute Gasteiger partial charge is 0.331 e. The fraction of sp³-hybridized carbons (Fsp3) is 0.655. The molecule has 0 aromatic carbocycles. The second kappa shape index (κ2) is 11.1. The third kappa shape index (κ3) is 5.02. The number of carbonyl (C=O) groups is 2. The molecule has 0 aromatic rings. The molecule has 0 unspecified atom stereocenters. The molecular formula is C29H40O9. The highest BCUT2D eigenvalue weighted by molar-refractivity contribution is 5.83. The maximum Gasteiger partial charge on any atom is 0.331 e. The van der Waals surface area contributed by atoms with Crippen LogP contribution in [0.1, 0.15) is 53.4 Å². The summed E-state index contributed by atoms with van der Waals surface area (Å²) in [5.41, 5.74) is -0.0208. The summed E-state index contributed by atoms with van der Waals surface area (Å²) in [6.07, 6.45) is 8.43. The first-order valence-electron chi connectivity index (χ1n) is 13.3. The average Bonchev–Trinajstić information content (AvgIpc) is 3.63. The van der Waals surface area contributed by atoms with Crippen molar-refractivity contribution < 1.29 is 43.9 Å². The first-order valence-corrected chi connectivity index (χ1v) is 13.3. The zero-order valence-electron chi connectivity index (χ0n) is 22.6. The lowest BCUT2D eigenvalue weighted by atomic mass is 9.51. The highest BCUT2D eigenvalue weighted by atomic mass is 16.6. The van der Waals surface area contributed by atoms with Gasteiger partial charge >= 0.3 is 11.9 Å². The molecule has 2 aliphatic heterocycles. The number of allylic oxidation sites excluding steroid dienone is 3. The molecule has 1 saturated carbocycles. The molecule has 2 saturated heterocycles. The molecule has 4 aliphatic rings. The van der Waals surface area contributed by atoms with Gasteiger partial charge in [0.1, 0.15) is 18.3 Å². The molecule has 1 spiro atoms. The van der Waals surface area contributed by atoms with Crippen LogP contribution in [0.25, 0.3) is 0 Å². The van der Waals surface area contributed by atoms with Crippen LogP contribution in [0.2, 0.25) is 0 Å². The first-order chi connectivity index (χ1) is 18.0. The van der Waals surface area contributed by atoms with Gasteiger partial charge in [-0.1, -0.05) is 42.4 Å². The molecular weight excluding hydrogens is 492 g/mol. The van der Waals surface area contributed by atoms with E-state index in [9.17, 15) is 19.8 Å². The molecule has 0 aromatic heterocycles. The van der Waals surface area contributed by atoms with Crippen LogP contribution >= 0.6 is 0 Å². The molecule has 2 bridgehead atoms. The second-order valence-corrected chi connectivity index (χ2v) is 11.3. The molecule has 2 heterocycles. The van der Waals surface area contributed by atoms with Crippen molar-refractivity contribution in [2.75, 3.05) is 19.8 Å². The highest BCUT2D eigenvalue weighted by Gasteiger charge is 2.83. The molecule has 2 aliphatic carbocycles. The van der Waals surface area contributed by atoms with E-state index >= 15 is 0 Å². The minimum absolute atomic E-state index is 0.0444. The topological polar surface area (TPSA) is 135 Å². The Labute approximate surface area is 223 Å². The summed E-state index contributed by atoms with van der Waals surface area (Å²) in [5.74, 6) is -1.02. The minimum Gasteiger partial charge on any atom is -0.462 e. The van der Waals surface area contributed by atoms with E-state index in [-0.39, 0.29) is 25.4 Å². The summed E-state index contributed by atoms with van der Waals surface area (Å²) in [5, 5.41) is 28.2. The van der Waals surface area contributed by atoms with Gasteiger partial charge in [0.15, 0.2) is 0 Å². The van der Waals surface area contributed by atoms with Crippen molar-refractivity contribution in [1.29, 1.82) is 0 Å². The number of aliphatic hydroxyl groups is 3. The van der Waals surface area contributed by atoms with Crippen molar-refractivity contribution >= 4 is 11.9 Å². The van der Waals surface area contributed by atoms with Gasteiger partial charge in [-0.3, -0.25) is 0 Å². The highest BCUT2D eigenvalue weighted by Crippen LogP contribution is 2.72. The van der Waals surface area contributed by atoms with E-state index in [1.165, 1.54) is 42.9 Å². The normalized spacial score (nSPS) is 37.7. The van der Waals surface area contributed by atoms with Crippen molar-refractivity contribution in [3.63, 3.8) is 0 Å². The Kier molecular flexibility index (Phi) is 8.35. The largest absolute Gasteiger partial charge is 0.462 e. The summed E-state index contributed by atoms with van der Waals surface area (Å²) in [6.45, 7) is 7.90. The van der Waals surface area contributed by atoms with Crippen LogP contribution in [0.4, 0.5) is 0 Å². The van der Waals surface area contributed by atoms with Crippen LogP contribution < -0.4 is 0 Å². The second-order valence-electron chi connectivity index (χ2n) is 11.3. The lowest BCUT2D eigenvalue weighted by Crippen LogP contribution is -2.66.